The molecule has 0 aliphatic rings. The molecule has 0 fully saturated rings. The van der Waals surface area contributed by atoms with E-state index in [1.165, 1.54) is 0 Å². The van der Waals surface area contributed by atoms with Crippen molar-refractivity contribution < 1.29 is 0 Å². The van der Waals surface area contributed by atoms with Crippen molar-refractivity contribution in [1.82, 2.24) is 4.98 Å². The van der Waals surface area contributed by atoms with Gasteiger partial charge < -0.3 is 4.90 Å². The van der Waals surface area contributed by atoms with Crippen LogP contribution in [0.5, 0.6) is 0 Å². The fourth-order valence-corrected chi connectivity index (χ4v) is 2.28. The summed E-state index contributed by atoms with van der Waals surface area (Å²) in [6.45, 7) is 4.32. The van der Waals surface area contributed by atoms with Gasteiger partial charge in [0.05, 0.1) is 18.1 Å². The van der Waals surface area contributed by atoms with E-state index < -0.39 is 0 Å². The number of hydrogen-bond donors (Lipinski definition) is 0. The van der Waals surface area contributed by atoms with E-state index in [-0.39, 0.29) is 0 Å². The maximum Gasteiger partial charge on any atom is 0.151 e. The second kappa shape index (κ2) is 6.54. The quantitative estimate of drug-likeness (QED) is 0.855. The van der Waals surface area contributed by atoms with Crippen molar-refractivity contribution in [2.45, 2.75) is 20.3 Å². The molecular weight excluding hydrogens is 260 g/mol. The van der Waals surface area contributed by atoms with E-state index in [0.717, 1.165) is 16.9 Å². The van der Waals surface area contributed by atoms with Crippen LogP contribution in [0.2, 0.25) is 0 Å². The Morgan fingerprint density at radius 1 is 1.14 bits per heavy atom. The Bertz CT molecular complexity index is 708. The van der Waals surface area contributed by atoms with Crippen molar-refractivity contribution >= 4 is 11.5 Å². The number of aryl methyl sites for hydroxylation is 2. The number of nitriles is 2. The fourth-order valence-electron chi connectivity index (χ4n) is 2.28. The van der Waals surface area contributed by atoms with Crippen LogP contribution in [0, 0.1) is 36.5 Å². The first-order valence-electron chi connectivity index (χ1n) is 6.75. The van der Waals surface area contributed by atoms with Gasteiger partial charge in [0.15, 0.2) is 5.82 Å². The van der Waals surface area contributed by atoms with Crippen LogP contribution in [0.15, 0.2) is 36.4 Å². The molecule has 0 atom stereocenters. The van der Waals surface area contributed by atoms with E-state index in [4.69, 9.17) is 5.26 Å². The average molecular weight is 276 g/mol. The van der Waals surface area contributed by atoms with Crippen LogP contribution in [0.4, 0.5) is 11.5 Å². The normalized spacial score (nSPS) is 9.71. The maximum absolute atomic E-state index is 9.43. The highest BCUT2D eigenvalue weighted by molar-refractivity contribution is 5.67. The van der Waals surface area contributed by atoms with Crippen molar-refractivity contribution in [2.24, 2.45) is 0 Å². The lowest BCUT2D eigenvalue weighted by Crippen LogP contribution is -2.21. The summed E-state index contributed by atoms with van der Waals surface area (Å²) in [6, 6.07) is 16.0. The van der Waals surface area contributed by atoms with E-state index in [2.05, 4.69) is 17.1 Å². The molecule has 0 aliphatic carbocycles. The van der Waals surface area contributed by atoms with Crippen molar-refractivity contribution in [2.75, 3.05) is 11.4 Å². The topological polar surface area (TPSA) is 63.7 Å². The highest BCUT2D eigenvalue weighted by Crippen LogP contribution is 2.28. The molecule has 104 valence electrons. The number of anilines is 2. The first kappa shape index (κ1) is 14.6. The van der Waals surface area contributed by atoms with Crippen molar-refractivity contribution in [1.29, 1.82) is 10.5 Å². The van der Waals surface area contributed by atoms with Crippen LogP contribution in [-0.4, -0.2) is 11.5 Å². The number of nitrogens with zero attached hydrogens (tertiary/aromatic N) is 4. The first-order valence-corrected chi connectivity index (χ1v) is 6.75. The Hall–Kier alpha value is -2.85. The zero-order chi connectivity index (χ0) is 15.2. The van der Waals surface area contributed by atoms with E-state index in [0.29, 0.717) is 24.3 Å². The smallest absolute Gasteiger partial charge is 0.151 e. The van der Waals surface area contributed by atoms with E-state index in [1.54, 1.807) is 0 Å². The van der Waals surface area contributed by atoms with Gasteiger partial charge in [-0.15, -0.1) is 0 Å². The number of para-hydroxylation sites is 1. The number of hydrogen-bond acceptors (Lipinski definition) is 4. The standard InChI is InChI=1S/C17H16N4/c1-13-11-14(2)20-17(16(13)12-19)21(10-6-9-18)15-7-4-3-5-8-15/h3-5,7-8,11H,6,10H2,1-2H3. The number of aromatic nitrogens is 1. The van der Waals surface area contributed by atoms with Gasteiger partial charge in [0.25, 0.3) is 0 Å². The first-order chi connectivity index (χ1) is 10.2. The van der Waals surface area contributed by atoms with Gasteiger partial charge in [0.1, 0.15) is 6.07 Å². The van der Waals surface area contributed by atoms with Crippen molar-refractivity contribution in [3.05, 3.63) is 53.2 Å². The Morgan fingerprint density at radius 3 is 2.48 bits per heavy atom. The Labute approximate surface area is 124 Å². The van der Waals surface area contributed by atoms with Gasteiger partial charge in [-0.2, -0.15) is 10.5 Å². The maximum atomic E-state index is 9.43. The van der Waals surface area contributed by atoms with Crippen molar-refractivity contribution in [3.8, 4) is 12.1 Å². The monoisotopic (exact) mass is 276 g/mol. The van der Waals surface area contributed by atoms with Crippen LogP contribution in [-0.2, 0) is 0 Å². The number of pyridine rings is 1. The third kappa shape index (κ3) is 3.19. The lowest BCUT2D eigenvalue weighted by Gasteiger charge is -2.24. The van der Waals surface area contributed by atoms with Gasteiger partial charge in [0.2, 0.25) is 0 Å². The molecule has 0 N–H and O–H groups in total. The van der Waals surface area contributed by atoms with Gasteiger partial charge in [-0.05, 0) is 37.6 Å². The molecular formula is C17H16N4. The van der Waals surface area contributed by atoms with Gasteiger partial charge in [-0.25, -0.2) is 4.98 Å². The van der Waals surface area contributed by atoms with Crippen LogP contribution >= 0.6 is 0 Å². The average Bonchev–Trinajstić information content (AvgIpc) is 2.48. The minimum Gasteiger partial charge on any atom is -0.324 e. The molecule has 2 aromatic rings. The lowest BCUT2D eigenvalue weighted by molar-refractivity contribution is 0.916. The third-order valence-electron chi connectivity index (χ3n) is 3.21. The zero-order valence-corrected chi connectivity index (χ0v) is 12.2. The highest BCUT2D eigenvalue weighted by atomic mass is 15.2. The van der Waals surface area contributed by atoms with Gasteiger partial charge in [0, 0.05) is 17.9 Å². The molecule has 4 nitrogen and oxygen atoms in total. The third-order valence-corrected chi connectivity index (χ3v) is 3.21. The fraction of sp³-hybridized carbons (Fsp3) is 0.235. The molecule has 0 radical (unpaired) electrons. The van der Waals surface area contributed by atoms with E-state index in [1.807, 2.05) is 55.1 Å². The molecule has 21 heavy (non-hydrogen) atoms. The second-order valence-corrected chi connectivity index (χ2v) is 4.79. The molecule has 0 spiro atoms. The Kier molecular flexibility index (Phi) is 4.53. The van der Waals surface area contributed by atoms with Crippen LogP contribution in [0.1, 0.15) is 23.2 Å². The molecule has 4 heteroatoms. The molecule has 0 bridgehead atoms. The second-order valence-electron chi connectivity index (χ2n) is 4.79. The molecule has 0 saturated heterocycles. The summed E-state index contributed by atoms with van der Waals surface area (Å²) in [7, 11) is 0. The van der Waals surface area contributed by atoms with Crippen LogP contribution < -0.4 is 4.90 Å². The van der Waals surface area contributed by atoms with Gasteiger partial charge in [-0.1, -0.05) is 18.2 Å². The molecule has 1 heterocycles. The Morgan fingerprint density at radius 2 is 1.86 bits per heavy atom. The zero-order valence-electron chi connectivity index (χ0n) is 12.2. The summed E-state index contributed by atoms with van der Waals surface area (Å²) in [5, 5.41) is 18.3. The summed E-state index contributed by atoms with van der Waals surface area (Å²) in [6.07, 6.45) is 0.369. The summed E-state index contributed by atoms with van der Waals surface area (Å²) in [4.78, 5) is 6.46. The molecule has 1 aromatic heterocycles. The van der Waals surface area contributed by atoms with Gasteiger partial charge in [-0.3, -0.25) is 0 Å². The molecule has 0 unspecified atom stereocenters. The molecule has 2 rings (SSSR count). The summed E-state index contributed by atoms with van der Waals surface area (Å²) >= 11 is 0. The molecule has 0 amide bonds. The summed E-state index contributed by atoms with van der Waals surface area (Å²) in [5.41, 5.74) is 3.25. The lowest BCUT2D eigenvalue weighted by atomic mass is 10.1. The van der Waals surface area contributed by atoms with E-state index >= 15 is 0 Å². The SMILES string of the molecule is Cc1cc(C)c(C#N)c(N(CCC#N)c2ccccc2)n1. The highest BCUT2D eigenvalue weighted by Gasteiger charge is 2.17. The largest absolute Gasteiger partial charge is 0.324 e. The summed E-state index contributed by atoms with van der Waals surface area (Å²) < 4.78 is 0. The van der Waals surface area contributed by atoms with Crippen LogP contribution in [0.3, 0.4) is 0 Å². The summed E-state index contributed by atoms with van der Waals surface area (Å²) in [5.74, 6) is 0.622. The van der Waals surface area contributed by atoms with Gasteiger partial charge >= 0.3 is 0 Å². The van der Waals surface area contributed by atoms with Crippen LogP contribution in [0.25, 0.3) is 0 Å². The minimum atomic E-state index is 0.369. The minimum absolute atomic E-state index is 0.369. The van der Waals surface area contributed by atoms with Crippen molar-refractivity contribution in [3.63, 3.8) is 0 Å². The van der Waals surface area contributed by atoms with E-state index in [9.17, 15) is 5.26 Å². The number of benzene rings is 1. The molecule has 0 aliphatic heterocycles. The molecule has 0 saturated carbocycles. The Balaban J connectivity index is 2.57. The molecule has 1 aromatic carbocycles. The number of rotatable bonds is 4. The predicted octanol–water partition coefficient (Wildman–Crippen LogP) is 3.62. The predicted molar refractivity (Wildman–Crippen MR) is 82.1 cm³/mol.